The van der Waals surface area contributed by atoms with Crippen molar-refractivity contribution in [3.05, 3.63) is 86.6 Å². The molecule has 108 valence electrons. The van der Waals surface area contributed by atoms with E-state index in [-0.39, 0.29) is 5.69 Å². The molecule has 0 unspecified atom stereocenters. The quantitative estimate of drug-likeness (QED) is 0.539. The largest absolute Gasteiger partial charge is 0.269 e. The van der Waals surface area contributed by atoms with Crippen LogP contribution in [0.3, 0.4) is 0 Å². The van der Waals surface area contributed by atoms with Crippen LogP contribution in [0.5, 0.6) is 0 Å². The van der Waals surface area contributed by atoms with E-state index in [1.165, 1.54) is 23.5 Å². The Labute approximate surface area is 130 Å². The highest BCUT2D eigenvalue weighted by atomic mass is 32.1. The smallest absolute Gasteiger partial charge is 0.265 e. The molecule has 3 rings (SSSR count). The van der Waals surface area contributed by atoms with Crippen molar-refractivity contribution in [1.82, 2.24) is 9.97 Å². The van der Waals surface area contributed by atoms with E-state index in [0.717, 1.165) is 21.6 Å². The highest BCUT2D eigenvalue weighted by Gasteiger charge is 2.09. The first-order valence-corrected chi connectivity index (χ1v) is 7.37. The number of benzene rings is 1. The minimum absolute atomic E-state index is 0.0793. The van der Waals surface area contributed by atoms with Gasteiger partial charge in [-0.1, -0.05) is 0 Å². The Balaban J connectivity index is 2.08. The zero-order valence-corrected chi connectivity index (χ0v) is 12.2. The molecule has 0 aliphatic rings. The third kappa shape index (κ3) is 3.07. The topological polar surface area (TPSA) is 68.9 Å². The fraction of sp³-hybridized carbons (Fsp3) is 0. The van der Waals surface area contributed by atoms with Crippen LogP contribution in [-0.4, -0.2) is 14.9 Å². The molecular formula is C16H11N3O2S. The summed E-state index contributed by atoms with van der Waals surface area (Å²) in [6.45, 7) is 0. The second-order valence-corrected chi connectivity index (χ2v) is 5.42. The van der Waals surface area contributed by atoms with Crippen LogP contribution < -0.4 is 0 Å². The van der Waals surface area contributed by atoms with E-state index in [1.54, 1.807) is 36.2 Å². The summed E-state index contributed by atoms with van der Waals surface area (Å²) in [4.78, 5) is 19.5. The number of aromatic nitrogens is 2. The molecule has 0 amide bonds. The molecule has 0 saturated carbocycles. The number of hydrogen-bond donors (Lipinski definition) is 0. The number of hydrogen-bond acceptors (Lipinski definition) is 5. The molecule has 0 bridgehead atoms. The van der Waals surface area contributed by atoms with E-state index in [0.29, 0.717) is 0 Å². The van der Waals surface area contributed by atoms with Gasteiger partial charge in [0.1, 0.15) is 0 Å². The molecule has 5 nitrogen and oxygen atoms in total. The van der Waals surface area contributed by atoms with Crippen LogP contribution in [0.1, 0.15) is 16.0 Å². The maximum Gasteiger partial charge on any atom is 0.269 e. The molecule has 2 aromatic heterocycles. The van der Waals surface area contributed by atoms with E-state index in [9.17, 15) is 10.1 Å². The number of nitro groups is 1. The van der Waals surface area contributed by atoms with Crippen molar-refractivity contribution in [2.45, 2.75) is 0 Å². The Morgan fingerprint density at radius 2 is 1.73 bits per heavy atom. The molecule has 3 aromatic rings. The second kappa shape index (κ2) is 6.28. The van der Waals surface area contributed by atoms with E-state index in [2.05, 4.69) is 9.97 Å². The Morgan fingerprint density at radius 1 is 1.05 bits per heavy atom. The second-order valence-electron chi connectivity index (χ2n) is 4.50. The highest BCUT2D eigenvalue weighted by molar-refractivity contribution is 7.10. The van der Waals surface area contributed by atoms with Gasteiger partial charge in [0.2, 0.25) is 0 Å². The van der Waals surface area contributed by atoms with Crippen LogP contribution in [0.15, 0.2) is 60.5 Å². The van der Waals surface area contributed by atoms with Crippen molar-refractivity contribution in [3.8, 4) is 0 Å². The van der Waals surface area contributed by atoms with Gasteiger partial charge < -0.3 is 0 Å². The van der Waals surface area contributed by atoms with Crippen molar-refractivity contribution < 1.29 is 4.92 Å². The average Bonchev–Trinajstić information content (AvgIpc) is 3.07. The average molecular weight is 309 g/mol. The van der Waals surface area contributed by atoms with Crippen LogP contribution in [0.4, 0.5) is 5.69 Å². The Bertz CT molecular complexity index is 797. The van der Waals surface area contributed by atoms with Gasteiger partial charge in [-0.25, -0.2) is 0 Å². The monoisotopic (exact) mass is 309 g/mol. The molecule has 22 heavy (non-hydrogen) atoms. The van der Waals surface area contributed by atoms with Crippen LogP contribution in [0.25, 0.3) is 11.6 Å². The van der Waals surface area contributed by atoms with Crippen LogP contribution in [0, 0.1) is 10.1 Å². The first kappa shape index (κ1) is 14.1. The van der Waals surface area contributed by atoms with Gasteiger partial charge in [0.25, 0.3) is 5.69 Å². The van der Waals surface area contributed by atoms with Gasteiger partial charge in [0.15, 0.2) is 0 Å². The fourth-order valence-corrected chi connectivity index (χ4v) is 2.62. The minimum Gasteiger partial charge on any atom is -0.265 e. The zero-order valence-electron chi connectivity index (χ0n) is 11.4. The minimum atomic E-state index is -0.400. The lowest BCUT2D eigenvalue weighted by molar-refractivity contribution is -0.384. The summed E-state index contributed by atoms with van der Waals surface area (Å²) >= 11 is 1.54. The summed E-state index contributed by atoms with van der Waals surface area (Å²) in [5.74, 6) is 0. The number of non-ortho nitro benzene ring substituents is 1. The van der Waals surface area contributed by atoms with Crippen molar-refractivity contribution in [3.63, 3.8) is 0 Å². The van der Waals surface area contributed by atoms with Gasteiger partial charge in [-0.15, -0.1) is 11.3 Å². The molecule has 0 aliphatic carbocycles. The Kier molecular flexibility index (Phi) is 4.02. The summed E-state index contributed by atoms with van der Waals surface area (Å²) in [5.41, 5.74) is 4.73. The molecule has 0 atom stereocenters. The van der Waals surface area contributed by atoms with Crippen molar-refractivity contribution in [2.75, 3.05) is 0 Å². The number of pyridine rings is 1. The molecular weight excluding hydrogens is 298 g/mol. The molecule has 0 fully saturated rings. The molecule has 6 heteroatoms. The molecule has 1 aromatic carbocycles. The molecule has 0 saturated heterocycles. The van der Waals surface area contributed by atoms with Crippen LogP contribution >= 0.6 is 11.3 Å². The number of rotatable bonds is 4. The summed E-state index contributed by atoms with van der Waals surface area (Å²) in [6.07, 6.45) is 7.26. The van der Waals surface area contributed by atoms with Crippen LogP contribution in [0.2, 0.25) is 0 Å². The Morgan fingerprint density at radius 3 is 2.32 bits per heavy atom. The Hall–Kier alpha value is -2.86. The highest BCUT2D eigenvalue weighted by Crippen LogP contribution is 2.28. The third-order valence-corrected chi connectivity index (χ3v) is 3.84. The predicted octanol–water partition coefficient (Wildman–Crippen LogP) is 4.04. The van der Waals surface area contributed by atoms with Gasteiger partial charge in [0, 0.05) is 35.6 Å². The predicted molar refractivity (Wildman–Crippen MR) is 86.4 cm³/mol. The van der Waals surface area contributed by atoms with Gasteiger partial charge in [-0.2, -0.15) is 0 Å². The van der Waals surface area contributed by atoms with Crippen molar-refractivity contribution in [1.29, 1.82) is 0 Å². The zero-order chi connectivity index (χ0) is 15.4. The lowest BCUT2D eigenvalue weighted by atomic mass is 9.98. The number of thiazole rings is 1. The van der Waals surface area contributed by atoms with Gasteiger partial charge in [-0.05, 0) is 47.0 Å². The first-order chi connectivity index (χ1) is 10.7. The third-order valence-electron chi connectivity index (χ3n) is 3.12. The molecule has 0 spiro atoms. The summed E-state index contributed by atoms with van der Waals surface area (Å²) in [7, 11) is 0. The van der Waals surface area contributed by atoms with E-state index in [4.69, 9.17) is 0 Å². The summed E-state index contributed by atoms with van der Waals surface area (Å²) in [6, 6.07) is 10.4. The first-order valence-electron chi connectivity index (χ1n) is 6.49. The lowest BCUT2D eigenvalue weighted by Gasteiger charge is -2.08. The van der Waals surface area contributed by atoms with E-state index < -0.39 is 4.92 Å². The SMILES string of the molecule is O=[N+]([O-])c1ccc(C(=Cc2cncs2)c2ccncc2)cc1. The fourth-order valence-electron chi connectivity index (χ4n) is 2.07. The lowest BCUT2D eigenvalue weighted by Crippen LogP contribution is -1.91. The van der Waals surface area contributed by atoms with E-state index >= 15 is 0 Å². The standard InChI is InChI=1S/C16H11N3O2S/c20-19(21)14-3-1-12(2-4-14)16(9-15-10-18-11-22-15)13-5-7-17-8-6-13/h1-11H. The summed E-state index contributed by atoms with van der Waals surface area (Å²) < 4.78 is 0. The number of nitrogens with zero attached hydrogens (tertiary/aromatic N) is 3. The molecule has 0 aliphatic heterocycles. The molecule has 2 heterocycles. The molecule has 0 N–H and O–H groups in total. The maximum absolute atomic E-state index is 10.8. The van der Waals surface area contributed by atoms with E-state index in [1.807, 2.05) is 18.2 Å². The van der Waals surface area contributed by atoms with Crippen molar-refractivity contribution >= 4 is 28.7 Å². The molecule has 0 radical (unpaired) electrons. The van der Waals surface area contributed by atoms with Gasteiger partial charge >= 0.3 is 0 Å². The maximum atomic E-state index is 10.8. The van der Waals surface area contributed by atoms with Gasteiger partial charge in [0.05, 0.1) is 10.4 Å². The normalized spacial score (nSPS) is 11.4. The van der Waals surface area contributed by atoms with Gasteiger partial charge in [-0.3, -0.25) is 20.1 Å². The van der Waals surface area contributed by atoms with Crippen LogP contribution in [-0.2, 0) is 0 Å². The number of nitro benzene ring substituents is 1. The van der Waals surface area contributed by atoms with Crippen molar-refractivity contribution in [2.24, 2.45) is 0 Å². The summed E-state index contributed by atoms with van der Waals surface area (Å²) in [5, 5.41) is 10.8.